The number of amides is 2. The third-order valence-electron chi connectivity index (χ3n) is 4.91. The Morgan fingerprint density at radius 3 is 2.70 bits per heavy atom. The molecule has 0 radical (unpaired) electrons. The maximum atomic E-state index is 12.4. The van der Waals surface area contributed by atoms with Crippen LogP contribution >= 0.6 is 0 Å². The minimum atomic E-state index is -0.133. The first-order valence-electron chi connectivity index (χ1n) is 9.36. The van der Waals surface area contributed by atoms with Crippen LogP contribution in [0.15, 0.2) is 30.3 Å². The standard InChI is InChI=1S/C21H26N4O2/c1-4-25(5-2)11-10-22-21(27)19-12-14(3)18(23-19)13-16-15-8-6-7-9-17(15)24-20(16)26/h6-9,12-13,23H,4-5,10-11H2,1-3H3,(H,22,27)(H,24,26). The first-order valence-corrected chi connectivity index (χ1v) is 9.36. The molecule has 2 amide bonds. The van der Waals surface area contributed by atoms with E-state index in [1.807, 2.05) is 43.3 Å². The first-order chi connectivity index (χ1) is 13.0. The highest BCUT2D eigenvalue weighted by Crippen LogP contribution is 2.32. The SMILES string of the molecule is CCN(CC)CCNC(=O)c1cc(C)c(C=C2C(=O)Nc3ccccc32)[nH]1. The van der Waals surface area contributed by atoms with Gasteiger partial charge in [-0.2, -0.15) is 0 Å². The molecule has 1 aliphatic rings. The molecule has 1 aromatic heterocycles. The summed E-state index contributed by atoms with van der Waals surface area (Å²) >= 11 is 0. The Kier molecular flexibility index (Phi) is 5.76. The fraction of sp³-hybridized carbons (Fsp3) is 0.333. The number of aryl methyl sites for hydroxylation is 1. The lowest BCUT2D eigenvalue weighted by atomic mass is 10.1. The molecular weight excluding hydrogens is 340 g/mol. The number of fused-ring (bicyclic) bond motifs is 1. The molecular formula is C21H26N4O2. The number of benzene rings is 1. The number of hydrogen-bond donors (Lipinski definition) is 3. The summed E-state index contributed by atoms with van der Waals surface area (Å²) in [5.41, 5.74) is 4.49. The number of para-hydroxylation sites is 1. The average molecular weight is 366 g/mol. The minimum absolute atomic E-state index is 0.129. The second-order valence-electron chi connectivity index (χ2n) is 6.62. The highest BCUT2D eigenvalue weighted by atomic mass is 16.2. The topological polar surface area (TPSA) is 77.2 Å². The van der Waals surface area contributed by atoms with Crippen molar-refractivity contribution in [3.05, 3.63) is 52.8 Å². The number of carbonyl (C=O) groups excluding carboxylic acids is 2. The number of H-pyrrole nitrogens is 1. The van der Waals surface area contributed by atoms with E-state index in [0.717, 1.165) is 42.1 Å². The maximum absolute atomic E-state index is 12.4. The van der Waals surface area contributed by atoms with Gasteiger partial charge in [0, 0.05) is 30.0 Å². The van der Waals surface area contributed by atoms with E-state index >= 15 is 0 Å². The van der Waals surface area contributed by atoms with Crippen LogP contribution in [0.4, 0.5) is 5.69 Å². The Hall–Kier alpha value is -2.86. The maximum Gasteiger partial charge on any atom is 0.267 e. The Morgan fingerprint density at radius 1 is 1.22 bits per heavy atom. The zero-order valence-electron chi connectivity index (χ0n) is 16.1. The first kappa shape index (κ1) is 18.9. The molecule has 142 valence electrons. The van der Waals surface area contributed by atoms with E-state index < -0.39 is 0 Å². The zero-order chi connectivity index (χ0) is 19.4. The molecule has 3 N–H and O–H groups in total. The van der Waals surface area contributed by atoms with Crippen molar-refractivity contribution in [1.29, 1.82) is 0 Å². The molecule has 3 rings (SSSR count). The van der Waals surface area contributed by atoms with Gasteiger partial charge in [0.25, 0.3) is 11.8 Å². The van der Waals surface area contributed by atoms with Gasteiger partial charge in [0.1, 0.15) is 5.69 Å². The number of carbonyl (C=O) groups is 2. The van der Waals surface area contributed by atoms with Gasteiger partial charge < -0.3 is 20.5 Å². The van der Waals surface area contributed by atoms with Gasteiger partial charge in [0.2, 0.25) is 0 Å². The third kappa shape index (κ3) is 4.11. The van der Waals surface area contributed by atoms with Gasteiger partial charge in [0.15, 0.2) is 0 Å². The van der Waals surface area contributed by atoms with Crippen molar-refractivity contribution in [1.82, 2.24) is 15.2 Å². The second-order valence-corrected chi connectivity index (χ2v) is 6.62. The van der Waals surface area contributed by atoms with Gasteiger partial charge in [0.05, 0.1) is 5.57 Å². The van der Waals surface area contributed by atoms with E-state index in [1.54, 1.807) is 0 Å². The monoisotopic (exact) mass is 366 g/mol. The van der Waals surface area contributed by atoms with E-state index in [9.17, 15) is 9.59 Å². The number of anilines is 1. The number of likely N-dealkylation sites (N-methyl/N-ethyl adjacent to an activating group) is 1. The van der Waals surface area contributed by atoms with Crippen LogP contribution in [0.25, 0.3) is 11.6 Å². The van der Waals surface area contributed by atoms with E-state index in [1.165, 1.54) is 0 Å². The second kappa shape index (κ2) is 8.22. The van der Waals surface area contributed by atoms with Gasteiger partial charge in [-0.15, -0.1) is 0 Å². The van der Waals surface area contributed by atoms with Crippen LogP contribution in [-0.2, 0) is 4.79 Å². The van der Waals surface area contributed by atoms with Gasteiger partial charge in [-0.25, -0.2) is 0 Å². The smallest absolute Gasteiger partial charge is 0.267 e. The number of rotatable bonds is 7. The predicted octanol–water partition coefficient (Wildman–Crippen LogP) is 2.89. The molecule has 1 aromatic carbocycles. The molecule has 0 fully saturated rings. The Balaban J connectivity index is 1.73. The quantitative estimate of drug-likeness (QED) is 0.660. The summed E-state index contributed by atoms with van der Waals surface area (Å²) in [4.78, 5) is 30.1. The molecule has 2 heterocycles. The fourth-order valence-electron chi connectivity index (χ4n) is 3.24. The summed E-state index contributed by atoms with van der Waals surface area (Å²) in [6.45, 7) is 9.50. The average Bonchev–Trinajstić information content (AvgIpc) is 3.19. The van der Waals surface area contributed by atoms with Crippen LogP contribution in [0, 0.1) is 6.92 Å². The van der Waals surface area contributed by atoms with Crippen molar-refractivity contribution < 1.29 is 9.59 Å². The number of aromatic nitrogens is 1. The van der Waals surface area contributed by atoms with Gasteiger partial charge >= 0.3 is 0 Å². The molecule has 27 heavy (non-hydrogen) atoms. The van der Waals surface area contributed by atoms with Crippen LogP contribution in [0.1, 0.15) is 41.2 Å². The summed E-state index contributed by atoms with van der Waals surface area (Å²) in [7, 11) is 0. The summed E-state index contributed by atoms with van der Waals surface area (Å²) in [6, 6.07) is 9.41. The molecule has 2 aromatic rings. The Bertz CT molecular complexity index is 878. The van der Waals surface area contributed by atoms with Crippen LogP contribution < -0.4 is 10.6 Å². The lowest BCUT2D eigenvalue weighted by Crippen LogP contribution is -2.34. The molecule has 1 aliphatic heterocycles. The molecule has 0 saturated carbocycles. The summed E-state index contributed by atoms with van der Waals surface area (Å²) in [6.07, 6.45) is 1.81. The van der Waals surface area contributed by atoms with E-state index in [0.29, 0.717) is 17.8 Å². The number of nitrogens with one attached hydrogen (secondary N) is 3. The highest BCUT2D eigenvalue weighted by Gasteiger charge is 2.24. The number of hydrogen-bond acceptors (Lipinski definition) is 3. The van der Waals surface area contributed by atoms with Crippen molar-refractivity contribution in [2.45, 2.75) is 20.8 Å². The van der Waals surface area contributed by atoms with Crippen LogP contribution in [0.5, 0.6) is 0 Å². The fourth-order valence-corrected chi connectivity index (χ4v) is 3.24. The van der Waals surface area contributed by atoms with Crippen molar-refractivity contribution in [3.8, 4) is 0 Å². The van der Waals surface area contributed by atoms with Crippen LogP contribution in [0.3, 0.4) is 0 Å². The number of aromatic amines is 1. The lowest BCUT2D eigenvalue weighted by molar-refractivity contribution is -0.110. The molecule has 0 unspecified atom stereocenters. The largest absolute Gasteiger partial charge is 0.351 e. The molecule has 6 nitrogen and oxygen atoms in total. The summed E-state index contributed by atoms with van der Waals surface area (Å²) in [5, 5.41) is 5.81. The molecule has 0 spiro atoms. The van der Waals surface area contributed by atoms with Crippen molar-refractivity contribution in [2.75, 3.05) is 31.5 Å². The summed E-state index contributed by atoms with van der Waals surface area (Å²) < 4.78 is 0. The zero-order valence-corrected chi connectivity index (χ0v) is 16.1. The summed E-state index contributed by atoms with van der Waals surface area (Å²) in [5.74, 6) is -0.262. The van der Waals surface area contributed by atoms with Crippen LogP contribution in [0.2, 0.25) is 0 Å². The van der Waals surface area contributed by atoms with Gasteiger partial charge in [-0.1, -0.05) is 32.0 Å². The van der Waals surface area contributed by atoms with Crippen molar-refractivity contribution >= 4 is 29.2 Å². The Morgan fingerprint density at radius 2 is 1.96 bits per heavy atom. The third-order valence-corrected chi connectivity index (χ3v) is 4.91. The van der Waals surface area contributed by atoms with E-state index in [2.05, 4.69) is 34.4 Å². The highest BCUT2D eigenvalue weighted by molar-refractivity contribution is 6.34. The van der Waals surface area contributed by atoms with E-state index in [-0.39, 0.29) is 11.8 Å². The number of nitrogens with zero attached hydrogens (tertiary/aromatic N) is 1. The Labute approximate surface area is 159 Å². The van der Waals surface area contributed by atoms with Crippen LogP contribution in [-0.4, -0.2) is 47.9 Å². The van der Waals surface area contributed by atoms with Gasteiger partial charge in [-0.3, -0.25) is 9.59 Å². The predicted molar refractivity (Wildman–Crippen MR) is 109 cm³/mol. The molecule has 6 heteroatoms. The lowest BCUT2D eigenvalue weighted by Gasteiger charge is -2.17. The van der Waals surface area contributed by atoms with Gasteiger partial charge in [-0.05, 0) is 43.8 Å². The minimum Gasteiger partial charge on any atom is -0.351 e. The van der Waals surface area contributed by atoms with Crippen molar-refractivity contribution in [3.63, 3.8) is 0 Å². The molecule has 0 saturated heterocycles. The molecule has 0 bridgehead atoms. The van der Waals surface area contributed by atoms with E-state index in [4.69, 9.17) is 0 Å². The normalized spacial score (nSPS) is 14.5. The molecule has 0 atom stereocenters. The van der Waals surface area contributed by atoms with Crippen molar-refractivity contribution in [2.24, 2.45) is 0 Å². The molecule has 0 aliphatic carbocycles.